The van der Waals surface area contributed by atoms with Crippen LogP contribution in [0.3, 0.4) is 0 Å². The highest BCUT2D eigenvalue weighted by Crippen LogP contribution is 2.32. The van der Waals surface area contributed by atoms with Crippen LogP contribution in [0, 0.1) is 0 Å². The second kappa shape index (κ2) is 7.95. The molecule has 1 aromatic carbocycles. The summed E-state index contributed by atoms with van der Waals surface area (Å²) in [6, 6.07) is 4.70. The third-order valence-electron chi connectivity index (χ3n) is 4.13. The first-order valence-corrected chi connectivity index (χ1v) is 9.40. The van der Waals surface area contributed by atoms with Crippen molar-refractivity contribution >= 4 is 22.4 Å². The van der Waals surface area contributed by atoms with E-state index >= 15 is 0 Å². The minimum absolute atomic E-state index is 0.130. The number of hydrogen-bond donors (Lipinski definition) is 1. The molecular weight excluding hydrogens is 379 g/mol. The SMILES string of the molecule is CC1CN(Cc2csc(NC(=O)c3ccccc3C(F)(F)F)n2)CC(C)O1. The van der Waals surface area contributed by atoms with Crippen LogP contribution in [0.1, 0.15) is 35.5 Å². The number of aromatic nitrogens is 1. The van der Waals surface area contributed by atoms with Gasteiger partial charge in [0.05, 0.1) is 29.0 Å². The quantitative estimate of drug-likeness (QED) is 0.844. The molecule has 1 fully saturated rings. The van der Waals surface area contributed by atoms with E-state index in [1.54, 1.807) is 5.38 Å². The molecule has 0 bridgehead atoms. The van der Waals surface area contributed by atoms with Crippen molar-refractivity contribution in [3.63, 3.8) is 0 Å². The number of carbonyl (C=O) groups excluding carboxylic acids is 1. The van der Waals surface area contributed by atoms with Gasteiger partial charge in [-0.3, -0.25) is 15.0 Å². The minimum Gasteiger partial charge on any atom is -0.373 e. The summed E-state index contributed by atoms with van der Waals surface area (Å²) in [5, 5.41) is 4.55. The summed E-state index contributed by atoms with van der Waals surface area (Å²) < 4.78 is 44.9. The Morgan fingerprint density at radius 3 is 2.63 bits per heavy atom. The molecule has 1 amide bonds. The number of nitrogens with one attached hydrogen (secondary N) is 1. The molecule has 0 spiro atoms. The number of nitrogens with zero attached hydrogens (tertiary/aromatic N) is 2. The smallest absolute Gasteiger partial charge is 0.373 e. The zero-order valence-corrected chi connectivity index (χ0v) is 15.7. The molecule has 1 aliphatic rings. The molecule has 0 radical (unpaired) electrons. The van der Waals surface area contributed by atoms with Gasteiger partial charge in [-0.15, -0.1) is 11.3 Å². The van der Waals surface area contributed by atoms with Gasteiger partial charge in [0.25, 0.3) is 5.91 Å². The molecule has 1 aliphatic heterocycles. The number of morpholine rings is 1. The predicted octanol–water partition coefficient (Wildman–Crippen LogP) is 4.02. The van der Waals surface area contributed by atoms with Crippen LogP contribution in [-0.4, -0.2) is 41.1 Å². The Morgan fingerprint density at radius 2 is 1.96 bits per heavy atom. The molecule has 9 heteroatoms. The maximum Gasteiger partial charge on any atom is 0.417 e. The lowest BCUT2D eigenvalue weighted by Gasteiger charge is -2.34. The molecule has 1 N–H and O–H groups in total. The van der Waals surface area contributed by atoms with Gasteiger partial charge in [-0.2, -0.15) is 13.2 Å². The molecule has 3 rings (SSSR count). The summed E-state index contributed by atoms with van der Waals surface area (Å²) in [5.74, 6) is -0.822. The third kappa shape index (κ3) is 5.06. The topological polar surface area (TPSA) is 54.5 Å². The largest absolute Gasteiger partial charge is 0.417 e. The fraction of sp³-hybridized carbons (Fsp3) is 0.444. The maximum atomic E-state index is 13.1. The van der Waals surface area contributed by atoms with Crippen LogP contribution in [-0.2, 0) is 17.5 Å². The fourth-order valence-electron chi connectivity index (χ4n) is 3.17. The third-order valence-corrected chi connectivity index (χ3v) is 4.94. The standard InChI is InChI=1S/C18H20F3N3O2S/c1-11-7-24(8-12(2)26-11)9-13-10-27-17(22-13)23-16(25)14-5-3-4-6-15(14)18(19,20)21/h3-6,10-12H,7-9H2,1-2H3,(H,22,23,25). The molecule has 2 unspecified atom stereocenters. The second-order valence-electron chi connectivity index (χ2n) is 6.59. The normalized spacial score (nSPS) is 21.2. The van der Waals surface area contributed by atoms with Gasteiger partial charge in [-0.25, -0.2) is 4.98 Å². The van der Waals surface area contributed by atoms with Crippen molar-refractivity contribution in [2.45, 2.75) is 38.8 Å². The number of amides is 1. The van der Waals surface area contributed by atoms with Crippen LogP contribution in [0.4, 0.5) is 18.3 Å². The number of halogens is 3. The number of ether oxygens (including phenoxy) is 1. The van der Waals surface area contributed by atoms with E-state index in [1.807, 2.05) is 13.8 Å². The van der Waals surface area contributed by atoms with Crippen molar-refractivity contribution in [2.75, 3.05) is 18.4 Å². The van der Waals surface area contributed by atoms with Crippen LogP contribution in [0.2, 0.25) is 0 Å². The molecule has 5 nitrogen and oxygen atoms in total. The van der Waals surface area contributed by atoms with Gasteiger partial charge in [-0.05, 0) is 26.0 Å². The summed E-state index contributed by atoms with van der Waals surface area (Å²) in [4.78, 5) is 18.8. The first-order valence-electron chi connectivity index (χ1n) is 8.52. The van der Waals surface area contributed by atoms with E-state index in [1.165, 1.54) is 23.5 Å². The van der Waals surface area contributed by atoms with Crippen LogP contribution >= 0.6 is 11.3 Å². The maximum absolute atomic E-state index is 13.1. The monoisotopic (exact) mass is 399 g/mol. The van der Waals surface area contributed by atoms with Gasteiger partial charge in [-0.1, -0.05) is 12.1 Å². The minimum atomic E-state index is -4.59. The van der Waals surface area contributed by atoms with Gasteiger partial charge in [0.2, 0.25) is 0 Å². The molecule has 0 saturated carbocycles. The summed E-state index contributed by atoms with van der Waals surface area (Å²) >= 11 is 1.19. The molecule has 27 heavy (non-hydrogen) atoms. The summed E-state index contributed by atoms with van der Waals surface area (Å²) in [7, 11) is 0. The molecule has 0 aliphatic carbocycles. The number of anilines is 1. The number of hydrogen-bond acceptors (Lipinski definition) is 5. The fourth-order valence-corrected chi connectivity index (χ4v) is 3.87. The van der Waals surface area contributed by atoms with Crippen molar-refractivity contribution in [2.24, 2.45) is 0 Å². The van der Waals surface area contributed by atoms with Crippen molar-refractivity contribution < 1.29 is 22.7 Å². The molecule has 2 aromatic rings. The Labute approximate surface area is 159 Å². The van der Waals surface area contributed by atoms with Gasteiger partial charge in [0, 0.05) is 25.0 Å². The van der Waals surface area contributed by atoms with Gasteiger partial charge in [0.15, 0.2) is 5.13 Å². The molecule has 2 atom stereocenters. The lowest BCUT2D eigenvalue weighted by atomic mass is 10.1. The summed E-state index contributed by atoms with van der Waals surface area (Å²) in [6.07, 6.45) is -4.33. The van der Waals surface area contributed by atoms with Gasteiger partial charge >= 0.3 is 6.18 Å². The Kier molecular flexibility index (Phi) is 5.83. The molecule has 1 saturated heterocycles. The highest BCUT2D eigenvalue weighted by Gasteiger charge is 2.35. The van der Waals surface area contributed by atoms with Crippen LogP contribution in [0.15, 0.2) is 29.6 Å². The Hall–Kier alpha value is -1.97. The van der Waals surface area contributed by atoms with Crippen LogP contribution < -0.4 is 5.32 Å². The van der Waals surface area contributed by atoms with Gasteiger partial charge in [0.1, 0.15) is 0 Å². The Bertz CT molecular complexity index is 799. The van der Waals surface area contributed by atoms with E-state index in [9.17, 15) is 18.0 Å². The number of thiazole rings is 1. The number of alkyl halides is 3. The van der Waals surface area contributed by atoms with E-state index in [0.717, 1.165) is 30.9 Å². The lowest BCUT2D eigenvalue weighted by molar-refractivity contribution is -0.137. The zero-order valence-electron chi connectivity index (χ0n) is 14.9. The van der Waals surface area contributed by atoms with Crippen LogP contribution in [0.25, 0.3) is 0 Å². The highest BCUT2D eigenvalue weighted by atomic mass is 32.1. The molecular formula is C18H20F3N3O2S. The molecule has 2 heterocycles. The average Bonchev–Trinajstić information content (AvgIpc) is 3.00. The second-order valence-corrected chi connectivity index (χ2v) is 7.45. The molecule has 1 aromatic heterocycles. The van der Waals surface area contributed by atoms with Crippen LogP contribution in [0.5, 0.6) is 0 Å². The van der Waals surface area contributed by atoms with E-state index in [4.69, 9.17) is 4.74 Å². The van der Waals surface area contributed by atoms with Crippen molar-refractivity contribution in [3.05, 3.63) is 46.5 Å². The summed E-state index contributed by atoms with van der Waals surface area (Å²) in [5.41, 5.74) is -0.617. The molecule has 146 valence electrons. The summed E-state index contributed by atoms with van der Waals surface area (Å²) in [6.45, 7) is 6.18. The van der Waals surface area contributed by atoms with E-state index in [0.29, 0.717) is 6.54 Å². The van der Waals surface area contributed by atoms with Gasteiger partial charge < -0.3 is 4.74 Å². The van der Waals surface area contributed by atoms with Crippen molar-refractivity contribution in [1.82, 2.24) is 9.88 Å². The first kappa shape index (κ1) is 19.8. The van der Waals surface area contributed by atoms with E-state index in [-0.39, 0.29) is 17.3 Å². The number of rotatable bonds is 4. The zero-order chi connectivity index (χ0) is 19.6. The predicted molar refractivity (Wildman–Crippen MR) is 96.8 cm³/mol. The first-order chi connectivity index (χ1) is 12.7. The van der Waals surface area contributed by atoms with E-state index in [2.05, 4.69) is 15.2 Å². The van der Waals surface area contributed by atoms with Crippen molar-refractivity contribution in [3.8, 4) is 0 Å². The average molecular weight is 399 g/mol. The lowest BCUT2D eigenvalue weighted by Crippen LogP contribution is -2.44. The van der Waals surface area contributed by atoms with E-state index < -0.39 is 23.2 Å². The highest BCUT2D eigenvalue weighted by molar-refractivity contribution is 7.14. The van der Waals surface area contributed by atoms with Crippen molar-refractivity contribution in [1.29, 1.82) is 0 Å². The number of carbonyl (C=O) groups is 1. The Balaban J connectivity index is 1.67. The number of benzene rings is 1. The Morgan fingerprint density at radius 1 is 1.30 bits per heavy atom.